The maximum atomic E-state index is 11.8. The zero-order chi connectivity index (χ0) is 17.8. The maximum Gasteiger partial charge on any atom is 0.239 e. The van der Waals surface area contributed by atoms with E-state index in [1.165, 1.54) is 16.7 Å². The van der Waals surface area contributed by atoms with Gasteiger partial charge in [-0.1, -0.05) is 6.92 Å². The van der Waals surface area contributed by atoms with Gasteiger partial charge in [-0.2, -0.15) is 0 Å². The molecule has 0 atom stereocenters. The third kappa shape index (κ3) is 8.97. The molecule has 0 bridgehead atoms. The van der Waals surface area contributed by atoms with E-state index in [1.54, 1.807) is 6.92 Å². The quantitative estimate of drug-likeness (QED) is 0.440. The number of nitrogens with two attached hydrogens (primary N) is 1. The molecule has 8 nitrogen and oxygen atoms in total. The minimum absolute atomic E-state index is 0.0213. The van der Waals surface area contributed by atoms with Gasteiger partial charge in [0.25, 0.3) is 0 Å². The van der Waals surface area contributed by atoms with Crippen LogP contribution in [0.15, 0.2) is 0 Å². The Kier molecular flexibility index (Phi) is 10.7. The molecule has 9 heteroatoms. The number of rotatable bonds is 11. The van der Waals surface area contributed by atoms with Gasteiger partial charge in [0.2, 0.25) is 17.7 Å². The molecular weight excluding hydrogens is 299 g/mol. The van der Waals surface area contributed by atoms with Gasteiger partial charge in [0.05, 0.1) is 20.9 Å². The smallest absolute Gasteiger partial charge is 0.239 e. The van der Waals surface area contributed by atoms with Gasteiger partial charge in [-0.05, 0) is 13.2 Å². The number of hydrogen-bond acceptors (Lipinski definition) is 5. The van der Waals surface area contributed by atoms with Crippen LogP contribution in [0.2, 0.25) is 6.32 Å². The Morgan fingerprint density at radius 1 is 1.04 bits per heavy atom. The van der Waals surface area contributed by atoms with Crippen molar-refractivity contribution >= 4 is 31.4 Å². The Balaban J connectivity index is 4.36. The van der Waals surface area contributed by atoms with E-state index in [4.69, 9.17) is 13.6 Å². The molecule has 0 saturated carbocycles. The minimum Gasteiger partial charge on any atom is -0.353 e. The normalized spacial score (nSPS) is 10.0. The number of ketones is 1. The van der Waals surface area contributed by atoms with Gasteiger partial charge in [-0.25, -0.2) is 0 Å². The predicted octanol–water partition coefficient (Wildman–Crippen LogP) is -1.70. The monoisotopic (exact) mass is 324 g/mol. The summed E-state index contributed by atoms with van der Waals surface area (Å²) in [5.41, 5.74) is 5.39. The van der Waals surface area contributed by atoms with Crippen molar-refractivity contribution in [1.29, 1.82) is 0 Å². The Morgan fingerprint density at radius 3 is 2.13 bits per heavy atom. The molecule has 0 aliphatic carbocycles. The third-order valence-electron chi connectivity index (χ3n) is 3.03. The molecule has 0 rings (SSSR count). The lowest BCUT2D eigenvalue weighted by atomic mass is 10.0. The van der Waals surface area contributed by atoms with E-state index < -0.39 is 0 Å². The Hall–Kier alpha value is -1.90. The highest BCUT2D eigenvalue weighted by Crippen LogP contribution is 1.95. The van der Waals surface area contributed by atoms with Crippen LogP contribution in [0.4, 0.5) is 0 Å². The van der Waals surface area contributed by atoms with Crippen LogP contribution in [-0.4, -0.2) is 80.4 Å². The van der Waals surface area contributed by atoms with Crippen LogP contribution in [0.25, 0.3) is 0 Å². The van der Waals surface area contributed by atoms with E-state index in [2.05, 4.69) is 5.32 Å². The number of nitrogens with one attached hydrogen (secondary N) is 1. The third-order valence-corrected chi connectivity index (χ3v) is 3.03. The van der Waals surface area contributed by atoms with Gasteiger partial charge in [0.15, 0.2) is 0 Å². The summed E-state index contributed by atoms with van der Waals surface area (Å²) in [7, 11) is 5.27. The summed E-state index contributed by atoms with van der Waals surface area (Å²) in [6.45, 7) is 3.90. The number of nitrogens with zero attached hydrogens (tertiary/aromatic N) is 2. The molecule has 23 heavy (non-hydrogen) atoms. The number of carbonyl (C=O) groups is 4. The van der Waals surface area contributed by atoms with E-state index >= 15 is 0 Å². The molecule has 0 spiro atoms. The molecule has 0 aliphatic heterocycles. The molecule has 128 valence electrons. The van der Waals surface area contributed by atoms with Gasteiger partial charge < -0.3 is 20.9 Å². The van der Waals surface area contributed by atoms with Gasteiger partial charge in [0, 0.05) is 32.6 Å². The molecule has 0 fully saturated rings. The first-order valence-corrected chi connectivity index (χ1v) is 7.57. The molecule has 0 aromatic heterocycles. The summed E-state index contributed by atoms with van der Waals surface area (Å²) in [4.78, 5) is 48.9. The van der Waals surface area contributed by atoms with Crippen LogP contribution in [0.5, 0.6) is 0 Å². The van der Waals surface area contributed by atoms with Crippen LogP contribution in [0.1, 0.15) is 20.3 Å². The largest absolute Gasteiger partial charge is 0.353 e. The lowest BCUT2D eigenvalue weighted by Crippen LogP contribution is -2.45. The lowest BCUT2D eigenvalue weighted by Gasteiger charge is -2.23. The van der Waals surface area contributed by atoms with E-state index in [0.717, 1.165) is 0 Å². The van der Waals surface area contributed by atoms with Crippen molar-refractivity contribution < 1.29 is 19.2 Å². The molecular formula is C14H25BN4O4. The van der Waals surface area contributed by atoms with Crippen LogP contribution in [0.3, 0.4) is 0 Å². The zero-order valence-corrected chi connectivity index (χ0v) is 13.8. The van der Waals surface area contributed by atoms with E-state index in [0.29, 0.717) is 0 Å². The van der Waals surface area contributed by atoms with E-state index in [9.17, 15) is 19.2 Å². The van der Waals surface area contributed by atoms with Crippen molar-refractivity contribution in [3.05, 3.63) is 0 Å². The second kappa shape index (κ2) is 11.6. The van der Waals surface area contributed by atoms with Crippen LogP contribution >= 0.6 is 0 Å². The van der Waals surface area contributed by atoms with E-state index in [1.807, 2.05) is 0 Å². The van der Waals surface area contributed by atoms with Gasteiger partial charge in [-0.3, -0.25) is 19.2 Å². The molecule has 0 saturated heterocycles. The predicted molar refractivity (Wildman–Crippen MR) is 86.8 cm³/mol. The summed E-state index contributed by atoms with van der Waals surface area (Å²) in [6.07, 6.45) is 0.0984. The van der Waals surface area contributed by atoms with Crippen molar-refractivity contribution in [2.45, 2.75) is 26.6 Å². The van der Waals surface area contributed by atoms with Crippen LogP contribution in [0, 0.1) is 0 Å². The van der Waals surface area contributed by atoms with Crippen molar-refractivity contribution in [2.75, 3.05) is 39.3 Å². The minimum atomic E-state index is -0.369. The van der Waals surface area contributed by atoms with Crippen LogP contribution < -0.4 is 11.1 Å². The fourth-order valence-electron chi connectivity index (χ4n) is 1.92. The fourth-order valence-corrected chi connectivity index (χ4v) is 1.92. The first kappa shape index (κ1) is 21.1. The Labute approximate surface area is 138 Å². The molecule has 3 amide bonds. The lowest BCUT2D eigenvalue weighted by molar-refractivity contribution is -0.135. The fraction of sp³-hybridized carbons (Fsp3) is 0.714. The molecule has 0 aromatic carbocycles. The summed E-state index contributed by atoms with van der Waals surface area (Å²) < 4.78 is 0. The summed E-state index contributed by atoms with van der Waals surface area (Å²) >= 11 is 0. The summed E-state index contributed by atoms with van der Waals surface area (Å²) in [5, 5.41) is 2.61. The van der Waals surface area contributed by atoms with Gasteiger partial charge in [0.1, 0.15) is 5.78 Å². The second-order valence-electron chi connectivity index (χ2n) is 5.03. The average molecular weight is 324 g/mol. The molecule has 0 heterocycles. The molecule has 0 unspecified atom stereocenters. The maximum absolute atomic E-state index is 11.8. The van der Waals surface area contributed by atoms with Crippen molar-refractivity contribution in [2.24, 2.45) is 5.73 Å². The average Bonchev–Trinajstić information content (AvgIpc) is 2.51. The number of amides is 3. The molecule has 0 aliphatic rings. The Bertz CT molecular complexity index is 431. The second-order valence-corrected chi connectivity index (χ2v) is 5.03. The van der Waals surface area contributed by atoms with Crippen LogP contribution in [-0.2, 0) is 19.2 Å². The zero-order valence-electron chi connectivity index (χ0n) is 13.8. The van der Waals surface area contributed by atoms with Crippen molar-refractivity contribution in [3.63, 3.8) is 0 Å². The molecule has 2 radical (unpaired) electrons. The Morgan fingerprint density at radius 2 is 1.65 bits per heavy atom. The molecule has 3 N–H and O–H groups in total. The number of carbonyl (C=O) groups excluding carboxylic acids is 4. The highest BCUT2D eigenvalue weighted by Gasteiger charge is 2.16. The topological polar surface area (TPSA) is 113 Å². The van der Waals surface area contributed by atoms with Crippen molar-refractivity contribution in [1.82, 2.24) is 15.1 Å². The molecule has 0 aromatic rings. The van der Waals surface area contributed by atoms with E-state index in [-0.39, 0.29) is 75.5 Å². The first-order valence-electron chi connectivity index (χ1n) is 7.57. The number of hydrogen-bond donors (Lipinski definition) is 2. The summed E-state index contributed by atoms with van der Waals surface area (Å²) in [6, 6.07) is 0. The SMILES string of the molecule is [B]CC(=O)N(CCN)CC(=O)NCCN(CC(C)=O)C(=O)CC. The first-order chi connectivity index (χ1) is 10.8. The highest BCUT2D eigenvalue weighted by atomic mass is 16.2. The van der Waals surface area contributed by atoms with Crippen molar-refractivity contribution in [3.8, 4) is 0 Å². The van der Waals surface area contributed by atoms with Gasteiger partial charge >= 0.3 is 0 Å². The number of Topliss-reactive ketones (excluding diaryl/α,β-unsaturated/α-hetero) is 1. The van der Waals surface area contributed by atoms with Gasteiger partial charge in [-0.15, -0.1) is 0 Å². The summed E-state index contributed by atoms with van der Waals surface area (Å²) in [5.74, 6) is -1.00. The standard InChI is InChI=1S/C14H25BN4O4/c1-3-13(22)19(9-11(2)20)7-5-17-12(21)10-18(6-4-16)14(23)8-15/h3-10,16H2,1-2H3,(H,17,21). The highest BCUT2D eigenvalue weighted by molar-refractivity contribution is 6.19.